The maximum Gasteiger partial charge on any atom is 0.254 e. The van der Waals surface area contributed by atoms with Crippen LogP contribution in [-0.4, -0.2) is 29.5 Å². The maximum absolute atomic E-state index is 12.0. The molecule has 0 aliphatic rings. The van der Waals surface area contributed by atoms with Crippen molar-refractivity contribution in [2.75, 3.05) is 18.5 Å². The molecular formula is C18H24N4O. The molecule has 0 radical (unpaired) electrons. The van der Waals surface area contributed by atoms with Crippen molar-refractivity contribution in [1.82, 2.24) is 15.3 Å². The minimum atomic E-state index is -0.113. The van der Waals surface area contributed by atoms with E-state index in [2.05, 4.69) is 34.3 Å². The van der Waals surface area contributed by atoms with Gasteiger partial charge in [0.2, 0.25) is 5.95 Å². The van der Waals surface area contributed by atoms with Gasteiger partial charge in [-0.05, 0) is 12.0 Å². The first-order chi connectivity index (χ1) is 11.2. The predicted molar refractivity (Wildman–Crippen MR) is 92.4 cm³/mol. The van der Waals surface area contributed by atoms with Gasteiger partial charge < -0.3 is 10.2 Å². The maximum atomic E-state index is 12.0. The molecule has 5 nitrogen and oxygen atoms in total. The molecule has 1 aromatic heterocycles. The summed E-state index contributed by atoms with van der Waals surface area (Å²) < 4.78 is 0. The molecule has 0 saturated heterocycles. The van der Waals surface area contributed by atoms with Crippen LogP contribution in [0, 0.1) is 0 Å². The Kier molecular flexibility index (Phi) is 6.54. The Morgan fingerprint density at radius 2 is 1.83 bits per heavy atom. The van der Waals surface area contributed by atoms with Crippen LogP contribution in [0.1, 0.15) is 42.1 Å². The van der Waals surface area contributed by atoms with E-state index in [-0.39, 0.29) is 5.91 Å². The van der Waals surface area contributed by atoms with Gasteiger partial charge in [-0.25, -0.2) is 9.97 Å². The monoisotopic (exact) mass is 312 g/mol. The molecule has 0 fully saturated rings. The van der Waals surface area contributed by atoms with Gasteiger partial charge in [-0.15, -0.1) is 0 Å². The largest absolute Gasteiger partial charge is 0.352 e. The molecule has 1 N–H and O–H groups in total. The van der Waals surface area contributed by atoms with Crippen LogP contribution in [0.5, 0.6) is 0 Å². The molecule has 2 rings (SSSR count). The highest BCUT2D eigenvalue weighted by molar-refractivity contribution is 5.93. The van der Waals surface area contributed by atoms with Gasteiger partial charge in [0.05, 0.1) is 5.56 Å². The van der Waals surface area contributed by atoms with Crippen LogP contribution < -0.4 is 10.2 Å². The predicted octanol–water partition coefficient (Wildman–Crippen LogP) is 3.03. The quantitative estimate of drug-likeness (QED) is 0.761. The van der Waals surface area contributed by atoms with Gasteiger partial charge in [-0.2, -0.15) is 0 Å². The number of hydrogen-bond donors (Lipinski definition) is 1. The summed E-state index contributed by atoms with van der Waals surface area (Å²) in [5.74, 6) is 0.495. The number of rotatable bonds is 8. The van der Waals surface area contributed by atoms with Crippen LogP contribution in [-0.2, 0) is 6.54 Å². The summed E-state index contributed by atoms with van der Waals surface area (Å²) in [6.45, 7) is 3.56. The Labute approximate surface area is 137 Å². The van der Waals surface area contributed by atoms with Crippen molar-refractivity contribution in [3.63, 3.8) is 0 Å². The summed E-state index contributed by atoms with van der Waals surface area (Å²) in [4.78, 5) is 22.5. The highest BCUT2D eigenvalue weighted by atomic mass is 16.1. The lowest BCUT2D eigenvalue weighted by Gasteiger charge is -2.17. The fraction of sp³-hybridized carbons (Fsp3) is 0.389. The molecule has 0 aliphatic heterocycles. The molecular weight excluding hydrogens is 288 g/mol. The van der Waals surface area contributed by atoms with Crippen LogP contribution in [0.15, 0.2) is 42.7 Å². The summed E-state index contributed by atoms with van der Waals surface area (Å²) in [5.41, 5.74) is 1.69. The molecule has 0 unspecified atom stereocenters. The van der Waals surface area contributed by atoms with Crippen molar-refractivity contribution >= 4 is 11.9 Å². The van der Waals surface area contributed by atoms with E-state index in [1.807, 2.05) is 30.1 Å². The molecule has 1 heterocycles. The molecule has 5 heteroatoms. The number of aromatic nitrogens is 2. The minimum absolute atomic E-state index is 0.113. The summed E-state index contributed by atoms with van der Waals surface area (Å²) in [7, 11) is 1.94. The van der Waals surface area contributed by atoms with Gasteiger partial charge in [-0.3, -0.25) is 4.79 Å². The fourth-order valence-electron chi connectivity index (χ4n) is 2.24. The number of carbonyl (C=O) groups is 1. The molecule has 2 aromatic rings. The second-order valence-corrected chi connectivity index (χ2v) is 5.58. The number of anilines is 1. The van der Waals surface area contributed by atoms with Crippen LogP contribution in [0.3, 0.4) is 0 Å². The molecule has 0 bridgehead atoms. The molecule has 23 heavy (non-hydrogen) atoms. The number of unbranched alkanes of at least 4 members (excludes halogenated alkanes) is 2. The highest BCUT2D eigenvalue weighted by Crippen LogP contribution is 2.10. The highest BCUT2D eigenvalue weighted by Gasteiger charge is 2.09. The zero-order valence-electron chi connectivity index (χ0n) is 13.8. The summed E-state index contributed by atoms with van der Waals surface area (Å²) in [6, 6.07) is 10.1. The van der Waals surface area contributed by atoms with Gasteiger partial charge in [0.15, 0.2) is 0 Å². The zero-order valence-corrected chi connectivity index (χ0v) is 13.8. The zero-order chi connectivity index (χ0) is 16.5. The van der Waals surface area contributed by atoms with E-state index in [0.29, 0.717) is 18.1 Å². The number of nitrogens with one attached hydrogen (secondary N) is 1. The Morgan fingerprint density at radius 1 is 1.13 bits per heavy atom. The number of benzene rings is 1. The van der Waals surface area contributed by atoms with Gasteiger partial charge >= 0.3 is 0 Å². The van der Waals surface area contributed by atoms with Crippen molar-refractivity contribution in [2.24, 2.45) is 0 Å². The minimum Gasteiger partial charge on any atom is -0.352 e. The lowest BCUT2D eigenvalue weighted by molar-refractivity contribution is 0.0952. The van der Waals surface area contributed by atoms with Crippen LogP contribution in [0.2, 0.25) is 0 Å². The summed E-state index contributed by atoms with van der Waals surface area (Å²) in [5, 5.41) is 2.89. The van der Waals surface area contributed by atoms with E-state index in [4.69, 9.17) is 0 Å². The summed E-state index contributed by atoms with van der Waals surface area (Å²) >= 11 is 0. The van der Waals surface area contributed by atoms with Gasteiger partial charge in [-0.1, -0.05) is 50.1 Å². The van der Waals surface area contributed by atoms with Crippen molar-refractivity contribution in [3.05, 3.63) is 53.9 Å². The SMILES string of the molecule is CCCCCNC(=O)c1cnc(N(C)Cc2ccccc2)nc1. The number of amides is 1. The Balaban J connectivity index is 1.89. The van der Waals surface area contributed by atoms with Gasteiger partial charge in [0.25, 0.3) is 5.91 Å². The molecule has 1 aromatic carbocycles. The Hall–Kier alpha value is -2.43. The van der Waals surface area contributed by atoms with Crippen LogP contribution in [0.25, 0.3) is 0 Å². The van der Waals surface area contributed by atoms with E-state index >= 15 is 0 Å². The van der Waals surface area contributed by atoms with E-state index in [9.17, 15) is 4.79 Å². The Morgan fingerprint density at radius 3 is 2.48 bits per heavy atom. The average molecular weight is 312 g/mol. The van der Waals surface area contributed by atoms with Crippen LogP contribution in [0.4, 0.5) is 5.95 Å². The van der Waals surface area contributed by atoms with Crippen LogP contribution >= 0.6 is 0 Å². The molecule has 0 aliphatic carbocycles. The molecule has 0 atom stereocenters. The molecule has 122 valence electrons. The lowest BCUT2D eigenvalue weighted by Crippen LogP contribution is -2.25. The first-order valence-corrected chi connectivity index (χ1v) is 8.06. The fourth-order valence-corrected chi connectivity index (χ4v) is 2.24. The van der Waals surface area contributed by atoms with Crippen molar-refractivity contribution in [2.45, 2.75) is 32.7 Å². The van der Waals surface area contributed by atoms with E-state index < -0.39 is 0 Å². The smallest absolute Gasteiger partial charge is 0.254 e. The number of hydrogen-bond acceptors (Lipinski definition) is 4. The normalized spacial score (nSPS) is 10.3. The molecule has 0 spiro atoms. The average Bonchev–Trinajstić information content (AvgIpc) is 2.59. The third-order valence-corrected chi connectivity index (χ3v) is 3.57. The standard InChI is InChI=1S/C18H24N4O/c1-3-4-8-11-19-17(23)16-12-20-18(21-13-16)22(2)14-15-9-6-5-7-10-15/h5-7,9-10,12-13H,3-4,8,11,14H2,1-2H3,(H,19,23). The summed E-state index contributed by atoms with van der Waals surface area (Å²) in [6.07, 6.45) is 6.43. The van der Waals surface area contributed by atoms with Crippen molar-refractivity contribution in [3.8, 4) is 0 Å². The first-order valence-electron chi connectivity index (χ1n) is 8.06. The third-order valence-electron chi connectivity index (χ3n) is 3.57. The first kappa shape index (κ1) is 16.9. The number of carbonyl (C=O) groups excluding carboxylic acids is 1. The van der Waals surface area contributed by atoms with E-state index in [1.54, 1.807) is 12.4 Å². The molecule has 1 amide bonds. The lowest BCUT2D eigenvalue weighted by atomic mass is 10.2. The van der Waals surface area contributed by atoms with Crippen molar-refractivity contribution in [1.29, 1.82) is 0 Å². The van der Waals surface area contributed by atoms with Gasteiger partial charge in [0, 0.05) is 32.5 Å². The number of nitrogens with zero attached hydrogens (tertiary/aromatic N) is 3. The van der Waals surface area contributed by atoms with Crippen molar-refractivity contribution < 1.29 is 4.79 Å². The Bertz CT molecular complexity index is 598. The third kappa shape index (κ3) is 5.36. The topological polar surface area (TPSA) is 58.1 Å². The second kappa shape index (κ2) is 8.88. The second-order valence-electron chi connectivity index (χ2n) is 5.58. The van der Waals surface area contributed by atoms with E-state index in [1.165, 1.54) is 5.56 Å². The van der Waals surface area contributed by atoms with E-state index in [0.717, 1.165) is 25.8 Å². The molecule has 0 saturated carbocycles. The van der Waals surface area contributed by atoms with Gasteiger partial charge in [0.1, 0.15) is 0 Å².